The number of methoxy groups -OCH3 is 1. The number of aromatic amines is 1. The third-order valence-corrected chi connectivity index (χ3v) is 6.57. The fourth-order valence-corrected chi connectivity index (χ4v) is 4.41. The molecule has 5 rings (SSSR count). The highest BCUT2D eigenvalue weighted by Gasteiger charge is 2.38. The van der Waals surface area contributed by atoms with Gasteiger partial charge in [0.25, 0.3) is 5.56 Å². The second-order valence-electron chi connectivity index (χ2n) is 8.62. The first-order valence-corrected chi connectivity index (χ1v) is 11.2. The lowest BCUT2D eigenvalue weighted by Gasteiger charge is -2.34. The van der Waals surface area contributed by atoms with Crippen molar-refractivity contribution >= 4 is 11.0 Å². The van der Waals surface area contributed by atoms with Gasteiger partial charge in [0.2, 0.25) is 0 Å². The lowest BCUT2D eigenvalue weighted by molar-refractivity contribution is -0.141. The number of aliphatic hydroxyl groups excluding tert-OH is 1. The Bertz CT molecular complexity index is 1450. The summed E-state index contributed by atoms with van der Waals surface area (Å²) in [6.07, 6.45) is 1.30. The van der Waals surface area contributed by atoms with Gasteiger partial charge in [-0.3, -0.25) is 9.78 Å². The number of fused-ring (bicyclic) bond motifs is 1. The van der Waals surface area contributed by atoms with Crippen molar-refractivity contribution in [3.05, 3.63) is 69.7 Å². The first-order chi connectivity index (χ1) is 17.2. The van der Waals surface area contributed by atoms with Crippen LogP contribution in [0.15, 0.2) is 35.5 Å². The van der Waals surface area contributed by atoms with Crippen LogP contribution in [0.3, 0.4) is 0 Å². The van der Waals surface area contributed by atoms with Crippen LogP contribution in [-0.4, -0.2) is 46.9 Å². The first kappa shape index (κ1) is 23.9. The Labute approximate surface area is 202 Å². The summed E-state index contributed by atoms with van der Waals surface area (Å²) in [5.41, 5.74) is -0.668. The molecule has 4 aromatic heterocycles. The summed E-state index contributed by atoms with van der Waals surface area (Å²) in [4.78, 5) is 32.8. The lowest BCUT2D eigenvalue weighted by Crippen LogP contribution is -2.28. The average Bonchev–Trinajstić information content (AvgIpc) is 3.22. The van der Waals surface area contributed by atoms with E-state index in [0.29, 0.717) is 23.0 Å². The van der Waals surface area contributed by atoms with Crippen LogP contribution in [0.2, 0.25) is 0 Å². The number of ether oxygens (including phenoxy) is 1. The number of nitrogens with zero attached hydrogens (tertiary/aromatic N) is 6. The smallest absolute Gasteiger partial charge is 0.433 e. The Kier molecular flexibility index (Phi) is 5.94. The number of H-pyrrole nitrogens is 1. The molecule has 1 aliphatic rings. The summed E-state index contributed by atoms with van der Waals surface area (Å²) >= 11 is 0. The van der Waals surface area contributed by atoms with Crippen molar-refractivity contribution in [1.29, 1.82) is 0 Å². The number of aliphatic hydroxyl groups is 1. The largest absolute Gasteiger partial charge is 0.494 e. The van der Waals surface area contributed by atoms with E-state index in [1.54, 1.807) is 19.3 Å². The van der Waals surface area contributed by atoms with E-state index in [1.807, 2.05) is 0 Å². The highest BCUT2D eigenvalue weighted by Crippen LogP contribution is 2.46. The highest BCUT2D eigenvalue weighted by molar-refractivity contribution is 5.77. The van der Waals surface area contributed by atoms with Gasteiger partial charge in [0.15, 0.2) is 11.4 Å². The van der Waals surface area contributed by atoms with Gasteiger partial charge in [0.1, 0.15) is 28.4 Å². The lowest BCUT2D eigenvalue weighted by atomic mass is 9.72. The van der Waals surface area contributed by atoms with Gasteiger partial charge in [-0.1, -0.05) is 6.07 Å². The number of pyridine rings is 1. The maximum atomic E-state index is 13.0. The van der Waals surface area contributed by atoms with Crippen molar-refractivity contribution in [3.63, 3.8) is 0 Å². The van der Waals surface area contributed by atoms with Crippen molar-refractivity contribution in [3.8, 4) is 5.75 Å². The standard InChI is InChI=1S/C23H22F3N7O3/c1-11(12-3-6-17(27-7-12)23(24,25)26)33-21-18(16(10-34)32-33)22(35)31-20(30-21)15-5-4-14(15)19-28-8-13(36-2)9-29-19/h3,6-9,11,14-15,34H,4-5,10H2,1-2H3,(H,30,31,35). The van der Waals surface area contributed by atoms with Crippen molar-refractivity contribution < 1.29 is 23.0 Å². The number of hydrogen-bond acceptors (Lipinski definition) is 8. The molecule has 0 radical (unpaired) electrons. The van der Waals surface area contributed by atoms with Crippen LogP contribution in [0.25, 0.3) is 11.0 Å². The predicted octanol–water partition coefficient (Wildman–Crippen LogP) is 3.09. The quantitative estimate of drug-likeness (QED) is 0.412. The van der Waals surface area contributed by atoms with E-state index in [9.17, 15) is 23.1 Å². The van der Waals surface area contributed by atoms with Crippen LogP contribution in [0.5, 0.6) is 5.75 Å². The number of nitrogens with one attached hydrogen (secondary N) is 1. The molecule has 1 saturated carbocycles. The third kappa shape index (κ3) is 4.08. The van der Waals surface area contributed by atoms with Crippen molar-refractivity contribution in [1.82, 2.24) is 34.7 Å². The zero-order valence-electron chi connectivity index (χ0n) is 19.3. The molecule has 1 fully saturated rings. The molecule has 10 nitrogen and oxygen atoms in total. The summed E-state index contributed by atoms with van der Waals surface area (Å²) < 4.78 is 45.3. The van der Waals surface area contributed by atoms with Crippen LogP contribution in [0.1, 0.15) is 66.2 Å². The zero-order valence-corrected chi connectivity index (χ0v) is 19.3. The molecular weight excluding hydrogens is 479 g/mol. The average molecular weight is 501 g/mol. The zero-order chi connectivity index (χ0) is 25.6. The summed E-state index contributed by atoms with van der Waals surface area (Å²) in [5, 5.41) is 14.3. The van der Waals surface area contributed by atoms with E-state index in [-0.39, 0.29) is 28.6 Å². The third-order valence-electron chi connectivity index (χ3n) is 6.57. The molecule has 4 aromatic rings. The van der Waals surface area contributed by atoms with E-state index >= 15 is 0 Å². The maximum Gasteiger partial charge on any atom is 0.433 e. The van der Waals surface area contributed by atoms with Gasteiger partial charge in [0, 0.05) is 18.0 Å². The van der Waals surface area contributed by atoms with Crippen molar-refractivity contribution in [2.45, 2.75) is 50.4 Å². The fraction of sp³-hybridized carbons (Fsp3) is 0.391. The van der Waals surface area contributed by atoms with Gasteiger partial charge in [-0.25, -0.2) is 19.6 Å². The second kappa shape index (κ2) is 8.97. The number of hydrogen-bond donors (Lipinski definition) is 2. The predicted molar refractivity (Wildman–Crippen MR) is 120 cm³/mol. The summed E-state index contributed by atoms with van der Waals surface area (Å²) in [5.74, 6) is 1.39. The van der Waals surface area contributed by atoms with Crippen LogP contribution >= 0.6 is 0 Å². The molecule has 0 aliphatic heterocycles. The van der Waals surface area contributed by atoms with Crippen LogP contribution in [0, 0.1) is 0 Å². The highest BCUT2D eigenvalue weighted by atomic mass is 19.4. The van der Waals surface area contributed by atoms with Crippen molar-refractivity contribution in [2.24, 2.45) is 0 Å². The molecule has 1 aliphatic carbocycles. The second-order valence-corrected chi connectivity index (χ2v) is 8.62. The molecule has 0 spiro atoms. The Morgan fingerprint density at radius 3 is 2.44 bits per heavy atom. The van der Waals surface area contributed by atoms with Gasteiger partial charge < -0.3 is 14.8 Å². The number of alkyl halides is 3. The first-order valence-electron chi connectivity index (χ1n) is 11.2. The molecule has 2 N–H and O–H groups in total. The minimum atomic E-state index is -4.55. The topological polar surface area (TPSA) is 132 Å². The summed E-state index contributed by atoms with van der Waals surface area (Å²) in [6.45, 7) is 1.20. The van der Waals surface area contributed by atoms with Crippen LogP contribution in [0.4, 0.5) is 13.2 Å². The van der Waals surface area contributed by atoms with E-state index in [0.717, 1.165) is 25.1 Å². The van der Waals surface area contributed by atoms with Gasteiger partial charge >= 0.3 is 6.18 Å². The number of rotatable bonds is 6. The molecule has 36 heavy (non-hydrogen) atoms. The minimum absolute atomic E-state index is 0.0540. The molecule has 0 bridgehead atoms. The van der Waals surface area contributed by atoms with Crippen molar-refractivity contribution in [2.75, 3.05) is 7.11 Å². The Hall–Kier alpha value is -3.87. The van der Waals surface area contributed by atoms with Gasteiger partial charge in [-0.2, -0.15) is 18.3 Å². The van der Waals surface area contributed by atoms with Gasteiger partial charge in [-0.05, 0) is 31.4 Å². The molecule has 13 heteroatoms. The Morgan fingerprint density at radius 1 is 1.17 bits per heavy atom. The van der Waals surface area contributed by atoms with Gasteiger partial charge in [-0.15, -0.1) is 0 Å². The van der Waals surface area contributed by atoms with E-state index < -0.39 is 30.1 Å². The number of aromatic nitrogens is 7. The summed E-state index contributed by atoms with van der Waals surface area (Å²) in [7, 11) is 1.53. The SMILES string of the molecule is COc1cnc(C2CCC2c2nc3c(c(CO)nn3C(C)c3ccc(C(F)(F)F)nc3)c(=O)[nH]2)nc1. The summed E-state index contributed by atoms with van der Waals surface area (Å²) in [6, 6.07) is 1.60. The normalized spacial score (nSPS) is 18.7. The van der Waals surface area contributed by atoms with E-state index in [4.69, 9.17) is 9.72 Å². The minimum Gasteiger partial charge on any atom is -0.494 e. The van der Waals surface area contributed by atoms with E-state index in [1.165, 1.54) is 17.9 Å². The molecule has 0 amide bonds. The maximum absolute atomic E-state index is 13.0. The molecule has 0 aromatic carbocycles. The van der Waals surface area contributed by atoms with Gasteiger partial charge in [0.05, 0.1) is 32.2 Å². The molecule has 0 saturated heterocycles. The molecule has 3 unspecified atom stereocenters. The Balaban J connectivity index is 1.53. The van der Waals surface area contributed by atoms with Crippen LogP contribution in [-0.2, 0) is 12.8 Å². The van der Waals surface area contributed by atoms with Crippen LogP contribution < -0.4 is 10.3 Å². The molecular formula is C23H22F3N7O3. The monoisotopic (exact) mass is 501 g/mol. The fourth-order valence-electron chi connectivity index (χ4n) is 4.41. The van der Waals surface area contributed by atoms with E-state index in [2.05, 4.69) is 25.0 Å². The molecule has 3 atom stereocenters. The molecule has 4 heterocycles. The Morgan fingerprint density at radius 2 is 1.89 bits per heavy atom. The molecule has 188 valence electrons. The number of halogens is 3.